The zero-order chi connectivity index (χ0) is 18.4. The average Bonchev–Trinajstić information content (AvgIpc) is 3.21. The van der Waals surface area contributed by atoms with Crippen molar-refractivity contribution < 1.29 is 9.59 Å². The Bertz CT molecular complexity index is 731. The Morgan fingerprint density at radius 3 is 2.77 bits per heavy atom. The molecule has 26 heavy (non-hydrogen) atoms. The van der Waals surface area contributed by atoms with E-state index in [0.717, 1.165) is 36.3 Å². The Morgan fingerprint density at radius 1 is 1.27 bits per heavy atom. The van der Waals surface area contributed by atoms with Gasteiger partial charge in [0.15, 0.2) is 5.78 Å². The number of ketones is 1. The van der Waals surface area contributed by atoms with E-state index < -0.39 is 0 Å². The number of rotatable bonds is 7. The van der Waals surface area contributed by atoms with Gasteiger partial charge in [-0.3, -0.25) is 14.3 Å². The van der Waals surface area contributed by atoms with Crippen LogP contribution < -0.4 is 0 Å². The first kappa shape index (κ1) is 18.6. The fraction of sp³-hybridized carbons (Fsp3) is 0.474. The molecule has 1 aliphatic rings. The van der Waals surface area contributed by atoms with Gasteiger partial charge in [-0.1, -0.05) is 12.1 Å². The molecule has 1 fully saturated rings. The Kier molecular flexibility index (Phi) is 6.44. The van der Waals surface area contributed by atoms with Gasteiger partial charge in [0.1, 0.15) is 12.7 Å². The minimum atomic E-state index is -0.0943. The summed E-state index contributed by atoms with van der Waals surface area (Å²) in [6.45, 7) is 1.96. The zero-order valence-corrected chi connectivity index (χ0v) is 15.8. The Balaban J connectivity index is 1.52. The monoisotopic (exact) mass is 372 g/mol. The summed E-state index contributed by atoms with van der Waals surface area (Å²) >= 11 is 1.66. The Morgan fingerprint density at radius 2 is 2.08 bits per heavy atom. The predicted octanol–water partition coefficient (Wildman–Crippen LogP) is 2.90. The highest BCUT2D eigenvalue weighted by Gasteiger charge is 2.28. The molecule has 1 aromatic carbocycles. The van der Waals surface area contributed by atoms with Gasteiger partial charge in [-0.2, -0.15) is 5.10 Å². The smallest absolute Gasteiger partial charge is 0.222 e. The Hall–Kier alpha value is -2.15. The minimum Gasteiger partial charge on any atom is -0.342 e. The number of thioether (sulfide) groups is 1. The molecule has 2 aromatic rings. The first-order valence-corrected chi connectivity index (χ1v) is 10.2. The molecule has 0 spiro atoms. The quantitative estimate of drug-likeness (QED) is 0.552. The lowest BCUT2D eigenvalue weighted by Gasteiger charge is -2.32. The molecule has 7 heteroatoms. The van der Waals surface area contributed by atoms with Gasteiger partial charge in [0, 0.05) is 42.4 Å². The summed E-state index contributed by atoms with van der Waals surface area (Å²) < 4.78 is 1.73. The highest BCUT2D eigenvalue weighted by atomic mass is 32.2. The number of nitrogens with zero attached hydrogens (tertiary/aromatic N) is 4. The summed E-state index contributed by atoms with van der Waals surface area (Å²) in [6.07, 6.45) is 8.11. The molecule has 1 atom stereocenters. The molecule has 6 nitrogen and oxygen atoms in total. The van der Waals surface area contributed by atoms with Gasteiger partial charge in [-0.15, -0.1) is 11.8 Å². The number of piperidine rings is 1. The van der Waals surface area contributed by atoms with Crippen LogP contribution in [0.3, 0.4) is 0 Å². The second kappa shape index (κ2) is 8.98. The van der Waals surface area contributed by atoms with E-state index in [9.17, 15) is 9.59 Å². The zero-order valence-electron chi connectivity index (χ0n) is 15.0. The maximum Gasteiger partial charge on any atom is 0.222 e. The third-order valence-electron chi connectivity index (χ3n) is 4.76. The van der Waals surface area contributed by atoms with Crippen LogP contribution in [-0.4, -0.2) is 50.7 Å². The summed E-state index contributed by atoms with van der Waals surface area (Å²) in [4.78, 5) is 32.1. The summed E-state index contributed by atoms with van der Waals surface area (Å²) in [7, 11) is 0. The summed E-state index contributed by atoms with van der Waals surface area (Å²) in [6, 6.07) is 7.75. The van der Waals surface area contributed by atoms with E-state index in [0.29, 0.717) is 19.5 Å². The average molecular weight is 372 g/mol. The van der Waals surface area contributed by atoms with Gasteiger partial charge in [-0.05, 0) is 37.7 Å². The van der Waals surface area contributed by atoms with E-state index in [4.69, 9.17) is 0 Å². The first-order chi connectivity index (χ1) is 12.7. The maximum atomic E-state index is 12.8. The topological polar surface area (TPSA) is 68.1 Å². The fourth-order valence-electron chi connectivity index (χ4n) is 3.31. The van der Waals surface area contributed by atoms with Crippen LogP contribution in [0.5, 0.6) is 0 Å². The van der Waals surface area contributed by atoms with E-state index in [-0.39, 0.29) is 17.6 Å². The van der Waals surface area contributed by atoms with E-state index in [1.165, 1.54) is 6.33 Å². The van der Waals surface area contributed by atoms with Crippen LogP contribution in [0.15, 0.2) is 41.8 Å². The largest absolute Gasteiger partial charge is 0.342 e. The summed E-state index contributed by atoms with van der Waals surface area (Å²) in [5, 5.41) is 4.04. The molecule has 0 radical (unpaired) electrons. The minimum absolute atomic E-state index is 0.0943. The van der Waals surface area contributed by atoms with E-state index in [1.54, 1.807) is 22.8 Å². The molecule has 0 unspecified atom stereocenters. The molecule has 138 valence electrons. The number of carbonyl (C=O) groups is 2. The van der Waals surface area contributed by atoms with Crippen LogP contribution in [0.2, 0.25) is 0 Å². The van der Waals surface area contributed by atoms with Gasteiger partial charge in [0.25, 0.3) is 0 Å². The standard InChI is InChI=1S/C19H24N4O2S/c1-26-17-8-6-15(7-9-17)19(25)16-4-2-10-22(12-16)18(24)5-3-11-23-14-20-13-21-23/h6-9,13-14,16H,2-5,10-12H2,1H3/t16-/m0/s1. The van der Waals surface area contributed by atoms with Crippen LogP contribution in [-0.2, 0) is 11.3 Å². The normalized spacial score (nSPS) is 17.3. The molecular weight excluding hydrogens is 348 g/mol. The van der Waals surface area contributed by atoms with Crippen molar-refractivity contribution in [3.8, 4) is 0 Å². The highest BCUT2D eigenvalue weighted by molar-refractivity contribution is 7.98. The Labute approximate surface area is 158 Å². The predicted molar refractivity (Wildman–Crippen MR) is 101 cm³/mol. The third kappa shape index (κ3) is 4.72. The van der Waals surface area contributed by atoms with Crippen LogP contribution in [0.4, 0.5) is 0 Å². The molecular formula is C19H24N4O2S. The third-order valence-corrected chi connectivity index (χ3v) is 5.51. The van der Waals surface area contributed by atoms with Crippen molar-refractivity contribution in [2.75, 3.05) is 19.3 Å². The van der Waals surface area contributed by atoms with Crippen molar-refractivity contribution in [2.24, 2.45) is 5.92 Å². The second-order valence-electron chi connectivity index (χ2n) is 6.53. The fourth-order valence-corrected chi connectivity index (χ4v) is 3.72. The van der Waals surface area contributed by atoms with Crippen LogP contribution >= 0.6 is 11.8 Å². The lowest BCUT2D eigenvalue weighted by atomic mass is 9.90. The lowest BCUT2D eigenvalue weighted by Crippen LogP contribution is -2.42. The van der Waals surface area contributed by atoms with Gasteiger partial charge >= 0.3 is 0 Å². The summed E-state index contributed by atoms with van der Waals surface area (Å²) in [5.74, 6) is 0.182. The van der Waals surface area contributed by atoms with Crippen LogP contribution in [0.1, 0.15) is 36.0 Å². The molecule has 0 N–H and O–H groups in total. The van der Waals surface area contributed by atoms with Gasteiger partial charge in [0.2, 0.25) is 5.91 Å². The highest BCUT2D eigenvalue weighted by Crippen LogP contribution is 2.23. The number of aromatic nitrogens is 3. The second-order valence-corrected chi connectivity index (χ2v) is 7.41. The number of hydrogen-bond donors (Lipinski definition) is 0. The molecule has 0 saturated carbocycles. The van der Waals surface area contributed by atoms with Crippen molar-refractivity contribution in [2.45, 2.75) is 37.1 Å². The number of likely N-dealkylation sites (tertiary alicyclic amines) is 1. The molecule has 1 amide bonds. The van der Waals surface area contributed by atoms with Crippen LogP contribution in [0.25, 0.3) is 0 Å². The van der Waals surface area contributed by atoms with Crippen molar-refractivity contribution in [3.05, 3.63) is 42.5 Å². The summed E-state index contributed by atoms with van der Waals surface area (Å²) in [5.41, 5.74) is 0.744. The maximum absolute atomic E-state index is 12.8. The van der Waals surface area contributed by atoms with E-state index in [2.05, 4.69) is 10.1 Å². The lowest BCUT2D eigenvalue weighted by molar-refractivity contribution is -0.132. The van der Waals surface area contributed by atoms with Crippen LogP contribution in [0, 0.1) is 5.92 Å². The van der Waals surface area contributed by atoms with E-state index in [1.807, 2.05) is 35.4 Å². The molecule has 0 aliphatic carbocycles. The molecule has 1 aromatic heterocycles. The molecule has 1 saturated heterocycles. The van der Waals surface area contributed by atoms with Crippen molar-refractivity contribution in [1.82, 2.24) is 19.7 Å². The molecule has 0 bridgehead atoms. The molecule has 2 heterocycles. The van der Waals surface area contributed by atoms with Crippen molar-refractivity contribution >= 4 is 23.5 Å². The number of hydrogen-bond acceptors (Lipinski definition) is 5. The van der Waals surface area contributed by atoms with Crippen molar-refractivity contribution in [1.29, 1.82) is 0 Å². The number of amides is 1. The number of benzene rings is 1. The number of Topliss-reactive ketones (excluding diaryl/α,β-unsaturated/α-hetero) is 1. The van der Waals surface area contributed by atoms with Gasteiger partial charge < -0.3 is 4.90 Å². The van der Waals surface area contributed by atoms with Crippen molar-refractivity contribution in [3.63, 3.8) is 0 Å². The first-order valence-electron chi connectivity index (χ1n) is 8.96. The van der Waals surface area contributed by atoms with E-state index >= 15 is 0 Å². The van der Waals surface area contributed by atoms with Gasteiger partial charge in [0.05, 0.1) is 0 Å². The number of carbonyl (C=O) groups excluding carboxylic acids is 2. The van der Waals surface area contributed by atoms with Gasteiger partial charge in [-0.25, -0.2) is 4.98 Å². The number of aryl methyl sites for hydroxylation is 1. The molecule has 3 rings (SSSR count). The molecule has 1 aliphatic heterocycles. The SMILES string of the molecule is CSc1ccc(C(=O)[C@H]2CCCN(C(=O)CCCn3cncn3)C2)cc1.